The number of nitrogens with zero attached hydrogens (tertiary/aromatic N) is 1. The summed E-state index contributed by atoms with van der Waals surface area (Å²) in [5, 5.41) is 0. The van der Waals surface area contributed by atoms with Crippen molar-refractivity contribution in [3.63, 3.8) is 0 Å². The van der Waals surface area contributed by atoms with Crippen LogP contribution in [0, 0.1) is 6.92 Å². The molecule has 3 nitrogen and oxygen atoms in total. The lowest BCUT2D eigenvalue weighted by molar-refractivity contribution is -0.0571. The highest BCUT2D eigenvalue weighted by atomic mass is 16.5. The fraction of sp³-hybridized carbons (Fsp3) is 0.625. The van der Waals surface area contributed by atoms with Gasteiger partial charge >= 0.3 is 0 Å². The summed E-state index contributed by atoms with van der Waals surface area (Å²) in [4.78, 5) is 2.55. The predicted molar refractivity (Wildman–Crippen MR) is 77.1 cm³/mol. The van der Waals surface area contributed by atoms with Crippen LogP contribution >= 0.6 is 0 Å². The quantitative estimate of drug-likeness (QED) is 0.906. The molecule has 0 amide bonds. The fourth-order valence-corrected chi connectivity index (χ4v) is 3.40. The van der Waals surface area contributed by atoms with Gasteiger partial charge in [0, 0.05) is 25.2 Å². The van der Waals surface area contributed by atoms with E-state index in [1.807, 2.05) is 0 Å². The zero-order valence-electron chi connectivity index (χ0n) is 11.7. The van der Waals surface area contributed by atoms with Crippen molar-refractivity contribution < 1.29 is 4.74 Å². The maximum Gasteiger partial charge on any atom is 0.0730 e. The molecule has 3 rings (SSSR count). The van der Waals surface area contributed by atoms with Gasteiger partial charge in [-0.2, -0.15) is 0 Å². The first-order chi connectivity index (χ1) is 9.24. The summed E-state index contributed by atoms with van der Waals surface area (Å²) in [5.41, 5.74) is 8.91. The average Bonchev–Trinajstić information content (AvgIpc) is 2.89. The van der Waals surface area contributed by atoms with Crippen molar-refractivity contribution in [1.82, 2.24) is 4.90 Å². The summed E-state index contributed by atoms with van der Waals surface area (Å²) in [5.74, 6) is 0. The van der Waals surface area contributed by atoms with E-state index >= 15 is 0 Å². The van der Waals surface area contributed by atoms with Crippen LogP contribution in [-0.4, -0.2) is 36.7 Å². The number of morpholine rings is 1. The lowest BCUT2D eigenvalue weighted by Crippen LogP contribution is -2.50. The zero-order chi connectivity index (χ0) is 13.2. The van der Waals surface area contributed by atoms with Gasteiger partial charge in [0.2, 0.25) is 0 Å². The molecule has 19 heavy (non-hydrogen) atoms. The zero-order valence-corrected chi connectivity index (χ0v) is 11.7. The predicted octanol–water partition coefficient (Wildman–Crippen LogP) is 2.25. The summed E-state index contributed by atoms with van der Waals surface area (Å²) in [6.45, 7) is 4.95. The van der Waals surface area contributed by atoms with Gasteiger partial charge in [-0.15, -0.1) is 0 Å². The van der Waals surface area contributed by atoms with Crippen molar-refractivity contribution in [2.24, 2.45) is 5.73 Å². The molecule has 2 aliphatic rings. The van der Waals surface area contributed by atoms with Crippen molar-refractivity contribution >= 4 is 0 Å². The molecule has 3 unspecified atom stereocenters. The molecular weight excluding hydrogens is 236 g/mol. The first kappa shape index (κ1) is 13.1. The molecule has 1 aliphatic heterocycles. The first-order valence-corrected chi connectivity index (χ1v) is 7.42. The molecule has 1 heterocycles. The Hall–Kier alpha value is -0.900. The topological polar surface area (TPSA) is 38.5 Å². The van der Waals surface area contributed by atoms with Crippen LogP contribution in [0.4, 0.5) is 0 Å². The van der Waals surface area contributed by atoms with Gasteiger partial charge in [-0.05, 0) is 31.7 Å². The van der Waals surface area contributed by atoms with Gasteiger partial charge in [-0.3, -0.25) is 4.90 Å². The maximum atomic E-state index is 6.38. The third kappa shape index (κ3) is 2.83. The molecule has 2 N–H and O–H groups in total. The summed E-state index contributed by atoms with van der Waals surface area (Å²) in [6, 6.07) is 9.32. The van der Waals surface area contributed by atoms with Gasteiger partial charge in [-0.1, -0.05) is 29.8 Å². The third-order valence-corrected chi connectivity index (χ3v) is 4.53. The van der Waals surface area contributed by atoms with Crippen molar-refractivity contribution in [3.05, 3.63) is 35.4 Å². The number of fused-ring (bicyclic) bond motifs is 1. The molecule has 1 saturated heterocycles. The molecular formula is C16H24N2O. The number of ether oxygens (including phenoxy) is 1. The minimum Gasteiger partial charge on any atom is -0.375 e. The molecule has 0 spiro atoms. The van der Waals surface area contributed by atoms with Gasteiger partial charge in [0.25, 0.3) is 0 Å². The minimum atomic E-state index is 0.111. The minimum absolute atomic E-state index is 0.111. The third-order valence-electron chi connectivity index (χ3n) is 4.53. The Morgan fingerprint density at radius 1 is 1.32 bits per heavy atom. The number of aryl methyl sites for hydroxylation is 1. The number of benzene rings is 1. The van der Waals surface area contributed by atoms with Crippen LogP contribution in [0.5, 0.6) is 0 Å². The second-order valence-electron chi connectivity index (χ2n) is 5.92. The van der Waals surface area contributed by atoms with Crippen LogP contribution in [0.3, 0.4) is 0 Å². The molecule has 0 radical (unpaired) electrons. The Morgan fingerprint density at radius 3 is 2.89 bits per heavy atom. The molecule has 104 valence electrons. The average molecular weight is 260 g/mol. The number of hydrogen-bond donors (Lipinski definition) is 1. The summed E-state index contributed by atoms with van der Waals surface area (Å²) in [6.07, 6.45) is 4.25. The van der Waals surface area contributed by atoms with Gasteiger partial charge in [0.1, 0.15) is 0 Å². The van der Waals surface area contributed by atoms with Crippen LogP contribution < -0.4 is 5.73 Å². The second kappa shape index (κ2) is 5.61. The molecule has 0 bridgehead atoms. The highest BCUT2D eigenvalue weighted by molar-refractivity contribution is 5.24. The molecule has 3 heteroatoms. The molecule has 1 saturated carbocycles. The monoisotopic (exact) mass is 260 g/mol. The van der Waals surface area contributed by atoms with Gasteiger partial charge in [0.05, 0.1) is 12.7 Å². The fourth-order valence-electron chi connectivity index (χ4n) is 3.40. The summed E-state index contributed by atoms with van der Waals surface area (Å²) >= 11 is 0. The van der Waals surface area contributed by atoms with Crippen molar-refractivity contribution in [3.8, 4) is 0 Å². The Balaban J connectivity index is 1.65. The van der Waals surface area contributed by atoms with Crippen LogP contribution in [0.25, 0.3) is 0 Å². The summed E-state index contributed by atoms with van der Waals surface area (Å²) in [7, 11) is 0. The molecule has 0 aromatic heterocycles. The van der Waals surface area contributed by atoms with E-state index in [-0.39, 0.29) is 6.04 Å². The van der Waals surface area contributed by atoms with E-state index in [1.165, 1.54) is 30.4 Å². The molecule has 1 aromatic rings. The smallest absolute Gasteiger partial charge is 0.0730 e. The van der Waals surface area contributed by atoms with Gasteiger partial charge in [0.15, 0.2) is 0 Å². The second-order valence-corrected chi connectivity index (χ2v) is 5.92. The lowest BCUT2D eigenvalue weighted by atomic mass is 10.0. The van der Waals surface area contributed by atoms with Crippen molar-refractivity contribution in [1.29, 1.82) is 0 Å². The first-order valence-electron chi connectivity index (χ1n) is 7.42. The van der Waals surface area contributed by atoms with E-state index in [4.69, 9.17) is 10.5 Å². The van der Waals surface area contributed by atoms with E-state index in [2.05, 4.69) is 36.1 Å². The largest absolute Gasteiger partial charge is 0.375 e. The molecule has 1 aliphatic carbocycles. The normalized spacial score (nSPS) is 29.2. The van der Waals surface area contributed by atoms with Crippen molar-refractivity contribution in [2.75, 3.05) is 19.7 Å². The van der Waals surface area contributed by atoms with E-state index < -0.39 is 0 Å². The molecule has 1 aromatic carbocycles. The Labute approximate surface area is 115 Å². The lowest BCUT2D eigenvalue weighted by Gasteiger charge is -2.39. The molecule has 3 atom stereocenters. The number of rotatable bonds is 3. The van der Waals surface area contributed by atoms with Gasteiger partial charge in [-0.25, -0.2) is 0 Å². The van der Waals surface area contributed by atoms with E-state index in [0.29, 0.717) is 12.1 Å². The van der Waals surface area contributed by atoms with Crippen LogP contribution in [-0.2, 0) is 4.74 Å². The SMILES string of the molecule is Cc1ccc(C(N)CN2CCOC3CCCC32)cc1. The van der Waals surface area contributed by atoms with E-state index in [9.17, 15) is 0 Å². The Morgan fingerprint density at radius 2 is 2.11 bits per heavy atom. The number of nitrogens with two attached hydrogens (primary N) is 1. The van der Waals surface area contributed by atoms with E-state index in [1.54, 1.807) is 0 Å². The Bertz CT molecular complexity index is 417. The van der Waals surface area contributed by atoms with Crippen LogP contribution in [0.1, 0.15) is 36.4 Å². The standard InChI is InChI=1S/C16H24N2O/c1-12-5-7-13(8-6-12)14(17)11-18-9-10-19-16-4-2-3-15(16)18/h5-8,14-16H,2-4,9-11,17H2,1H3. The Kier molecular flexibility index (Phi) is 3.87. The van der Waals surface area contributed by atoms with Crippen LogP contribution in [0.15, 0.2) is 24.3 Å². The summed E-state index contributed by atoms with van der Waals surface area (Å²) < 4.78 is 5.85. The van der Waals surface area contributed by atoms with Crippen LogP contribution in [0.2, 0.25) is 0 Å². The van der Waals surface area contributed by atoms with Crippen molar-refractivity contribution in [2.45, 2.75) is 44.4 Å². The molecule has 2 fully saturated rings. The highest BCUT2D eigenvalue weighted by Crippen LogP contribution is 2.30. The van der Waals surface area contributed by atoms with E-state index in [0.717, 1.165) is 19.7 Å². The van der Waals surface area contributed by atoms with Gasteiger partial charge < -0.3 is 10.5 Å². The number of hydrogen-bond acceptors (Lipinski definition) is 3. The maximum absolute atomic E-state index is 6.38. The highest BCUT2D eigenvalue weighted by Gasteiger charge is 2.36.